The molecule has 0 radical (unpaired) electrons. The van der Waals surface area contributed by atoms with Crippen LogP contribution in [-0.2, 0) is 33.1 Å². The van der Waals surface area contributed by atoms with Crippen molar-refractivity contribution in [1.29, 1.82) is 0 Å². The minimum absolute atomic E-state index is 0.0346. The van der Waals surface area contributed by atoms with Gasteiger partial charge in [-0.1, -0.05) is 12.1 Å². The fourth-order valence-electron chi connectivity index (χ4n) is 4.86. The second-order valence-corrected chi connectivity index (χ2v) is 8.78. The number of aromatic nitrogens is 5. The van der Waals surface area contributed by atoms with E-state index in [1.54, 1.807) is 11.7 Å². The van der Waals surface area contributed by atoms with Crippen molar-refractivity contribution in [1.82, 2.24) is 29.0 Å². The highest BCUT2D eigenvalue weighted by Crippen LogP contribution is 2.39. The van der Waals surface area contributed by atoms with E-state index in [-0.39, 0.29) is 12.0 Å². The third-order valence-corrected chi connectivity index (χ3v) is 6.41. The van der Waals surface area contributed by atoms with Gasteiger partial charge in [-0.05, 0) is 30.7 Å². The summed E-state index contributed by atoms with van der Waals surface area (Å²) in [5.41, 5.74) is 1.01. The Bertz CT molecular complexity index is 1230. The van der Waals surface area contributed by atoms with E-state index in [4.69, 9.17) is 4.74 Å². The molecule has 31 heavy (non-hydrogen) atoms. The summed E-state index contributed by atoms with van der Waals surface area (Å²) in [6, 6.07) is 7.44. The Morgan fingerprint density at radius 3 is 2.58 bits per heavy atom. The molecule has 1 aromatic carbocycles. The molecule has 0 N–H and O–H groups in total. The third kappa shape index (κ3) is 3.69. The normalized spacial score (nSPS) is 20.5. The molecule has 5 rings (SSSR count). The lowest BCUT2D eigenvalue weighted by Crippen LogP contribution is -2.43. The molecule has 162 valence electrons. The van der Waals surface area contributed by atoms with Crippen LogP contribution in [0.2, 0.25) is 0 Å². The van der Waals surface area contributed by atoms with Crippen molar-refractivity contribution in [2.45, 2.75) is 32.5 Å². The maximum absolute atomic E-state index is 12.8. The zero-order valence-corrected chi connectivity index (χ0v) is 17.8. The number of hydrogen-bond acceptors (Lipinski definition) is 6. The quantitative estimate of drug-likeness (QED) is 0.561. The number of fused-ring (bicyclic) bond motifs is 1. The first-order chi connectivity index (χ1) is 14.9. The first-order valence-electron chi connectivity index (χ1n) is 10.5. The average molecular weight is 422 g/mol. The highest BCUT2D eigenvalue weighted by Gasteiger charge is 2.44. The predicted octanol–water partition coefficient (Wildman–Crippen LogP) is 0.644. The highest BCUT2D eigenvalue weighted by molar-refractivity contribution is 5.27. The molecule has 0 saturated carbocycles. The van der Waals surface area contributed by atoms with Crippen molar-refractivity contribution in [2.24, 2.45) is 12.5 Å². The van der Waals surface area contributed by atoms with Crippen LogP contribution in [0.3, 0.4) is 0 Å². The van der Waals surface area contributed by atoms with Gasteiger partial charge in [0.05, 0.1) is 19.9 Å². The van der Waals surface area contributed by atoms with Gasteiger partial charge in [0.15, 0.2) is 0 Å². The zero-order valence-electron chi connectivity index (χ0n) is 17.8. The van der Waals surface area contributed by atoms with Gasteiger partial charge in [-0.3, -0.25) is 23.7 Å². The van der Waals surface area contributed by atoms with E-state index in [0.717, 1.165) is 37.4 Å². The summed E-state index contributed by atoms with van der Waals surface area (Å²) in [4.78, 5) is 27.9. The molecule has 4 heterocycles. The molecule has 0 amide bonds. The van der Waals surface area contributed by atoms with Gasteiger partial charge in [-0.25, -0.2) is 4.68 Å². The van der Waals surface area contributed by atoms with Crippen LogP contribution in [0.4, 0.5) is 0 Å². The van der Waals surface area contributed by atoms with Crippen molar-refractivity contribution in [3.63, 3.8) is 0 Å². The smallest absolute Gasteiger partial charge is 0.332 e. The lowest BCUT2D eigenvalue weighted by molar-refractivity contribution is 0.246. The topological polar surface area (TPSA) is 87.2 Å². The largest absolute Gasteiger partial charge is 0.497 e. The second kappa shape index (κ2) is 7.49. The van der Waals surface area contributed by atoms with Gasteiger partial charge in [-0.15, -0.1) is 0 Å². The first-order valence-corrected chi connectivity index (χ1v) is 10.5. The summed E-state index contributed by atoms with van der Waals surface area (Å²) < 4.78 is 9.89. The van der Waals surface area contributed by atoms with Gasteiger partial charge < -0.3 is 4.74 Å². The summed E-state index contributed by atoms with van der Waals surface area (Å²) >= 11 is 0. The van der Waals surface area contributed by atoms with E-state index in [0.29, 0.717) is 18.8 Å². The highest BCUT2D eigenvalue weighted by atomic mass is 16.5. The standard InChI is InChI=1S/C22H26N6O3/c1-25-11-17(10-23-25)12-26-8-7-22(14-26)9-19-24-28(21(30)20(29)27(19)15-22)13-16-3-5-18(31-2)6-4-16/h3-6,10-11H,7-9,12-15H2,1-2H3. The van der Waals surface area contributed by atoms with Gasteiger partial charge in [0, 0.05) is 50.3 Å². The number of aryl methyl sites for hydroxylation is 1. The van der Waals surface area contributed by atoms with Crippen molar-refractivity contribution < 1.29 is 4.74 Å². The first kappa shape index (κ1) is 19.7. The predicted molar refractivity (Wildman–Crippen MR) is 114 cm³/mol. The summed E-state index contributed by atoms with van der Waals surface area (Å²) in [6.07, 6.45) is 5.63. The number of likely N-dealkylation sites (tertiary alicyclic amines) is 1. The summed E-state index contributed by atoms with van der Waals surface area (Å²) in [5.74, 6) is 1.46. The van der Waals surface area contributed by atoms with Gasteiger partial charge in [0.25, 0.3) is 0 Å². The molecule has 1 saturated heterocycles. The van der Waals surface area contributed by atoms with Gasteiger partial charge in [-0.2, -0.15) is 10.2 Å². The molecule has 0 aliphatic carbocycles. The molecule has 3 aromatic rings. The lowest BCUT2D eigenvalue weighted by Gasteiger charge is -2.22. The summed E-state index contributed by atoms with van der Waals surface area (Å²) in [5, 5.41) is 8.83. The molecule has 2 aliphatic heterocycles. The van der Waals surface area contributed by atoms with E-state index in [2.05, 4.69) is 15.1 Å². The Balaban J connectivity index is 1.35. The molecular weight excluding hydrogens is 396 g/mol. The SMILES string of the molecule is COc1ccc(Cn2nc3n(c(=O)c2=O)CC2(CCN(Cc4cnn(C)c4)C2)C3)cc1. The average Bonchev–Trinajstić information content (AvgIpc) is 3.46. The Morgan fingerprint density at radius 1 is 1.06 bits per heavy atom. The molecule has 2 aliphatic rings. The van der Waals surface area contributed by atoms with Crippen molar-refractivity contribution in [3.05, 3.63) is 74.3 Å². The van der Waals surface area contributed by atoms with Crippen molar-refractivity contribution in [2.75, 3.05) is 20.2 Å². The van der Waals surface area contributed by atoms with Crippen LogP contribution >= 0.6 is 0 Å². The van der Waals surface area contributed by atoms with Crippen LogP contribution in [-0.4, -0.2) is 49.2 Å². The Hall–Kier alpha value is -3.20. The van der Waals surface area contributed by atoms with Crippen LogP contribution < -0.4 is 15.9 Å². The maximum atomic E-state index is 12.8. The number of ether oxygens (including phenoxy) is 1. The van der Waals surface area contributed by atoms with Gasteiger partial charge >= 0.3 is 11.1 Å². The summed E-state index contributed by atoms with van der Waals surface area (Å²) in [7, 11) is 3.53. The molecule has 1 fully saturated rings. The Kier molecular flexibility index (Phi) is 4.77. The molecule has 9 heteroatoms. The number of nitrogens with zero attached hydrogens (tertiary/aromatic N) is 6. The second-order valence-electron chi connectivity index (χ2n) is 8.78. The van der Waals surface area contributed by atoms with Crippen LogP contribution in [0.1, 0.15) is 23.4 Å². The minimum atomic E-state index is -0.568. The van der Waals surface area contributed by atoms with Crippen LogP contribution in [0.15, 0.2) is 46.2 Å². The Morgan fingerprint density at radius 2 is 1.87 bits per heavy atom. The number of methoxy groups -OCH3 is 1. The van der Waals surface area contributed by atoms with E-state index in [9.17, 15) is 9.59 Å². The fraction of sp³-hybridized carbons (Fsp3) is 0.455. The van der Waals surface area contributed by atoms with Gasteiger partial charge in [0.1, 0.15) is 11.6 Å². The molecule has 9 nitrogen and oxygen atoms in total. The van der Waals surface area contributed by atoms with Gasteiger partial charge in [0.2, 0.25) is 0 Å². The van der Waals surface area contributed by atoms with E-state index >= 15 is 0 Å². The molecule has 2 aromatic heterocycles. The molecule has 1 spiro atoms. The van der Waals surface area contributed by atoms with Crippen molar-refractivity contribution >= 4 is 0 Å². The van der Waals surface area contributed by atoms with Crippen LogP contribution in [0.5, 0.6) is 5.75 Å². The van der Waals surface area contributed by atoms with E-state index in [1.165, 1.54) is 10.2 Å². The van der Waals surface area contributed by atoms with E-state index < -0.39 is 11.1 Å². The monoisotopic (exact) mass is 422 g/mol. The molecule has 1 atom stereocenters. The third-order valence-electron chi connectivity index (χ3n) is 6.41. The zero-order chi connectivity index (χ0) is 21.6. The molecule has 0 bridgehead atoms. The van der Waals surface area contributed by atoms with Crippen LogP contribution in [0, 0.1) is 5.41 Å². The maximum Gasteiger partial charge on any atom is 0.332 e. The molecule has 1 unspecified atom stereocenters. The van der Waals surface area contributed by atoms with E-state index in [1.807, 2.05) is 48.4 Å². The lowest BCUT2D eigenvalue weighted by atomic mass is 9.86. The summed E-state index contributed by atoms with van der Waals surface area (Å²) in [6.45, 7) is 3.53. The number of hydrogen-bond donors (Lipinski definition) is 0. The molecular formula is C22H26N6O3. The van der Waals surface area contributed by atoms with Crippen molar-refractivity contribution in [3.8, 4) is 5.75 Å². The minimum Gasteiger partial charge on any atom is -0.497 e. The van der Waals surface area contributed by atoms with Crippen LogP contribution in [0.25, 0.3) is 0 Å². The fourth-order valence-corrected chi connectivity index (χ4v) is 4.86. The number of rotatable bonds is 5. The number of benzene rings is 1. The Labute approximate surface area is 179 Å².